The Morgan fingerprint density at radius 1 is 1.07 bits per heavy atom. The number of nitrogen functional groups attached to an aromatic ring is 1. The number of anilines is 4. The van der Waals surface area contributed by atoms with Crippen LogP contribution in [0.3, 0.4) is 0 Å². The molecule has 0 saturated heterocycles. The Labute approximate surface area is 160 Å². The van der Waals surface area contributed by atoms with E-state index in [2.05, 4.69) is 26.1 Å². The number of para-hydroxylation sites is 1. The first kappa shape index (κ1) is 18.3. The number of rotatable bonds is 7. The number of nitrogens with one attached hydrogen (secondary N) is 3. The highest BCUT2D eigenvalue weighted by molar-refractivity contribution is 6.30. The number of benzene rings is 2. The van der Waals surface area contributed by atoms with Crippen LogP contribution in [-0.2, 0) is 4.79 Å². The summed E-state index contributed by atoms with van der Waals surface area (Å²) in [6, 6.07) is 16.1. The minimum absolute atomic E-state index is 0.157. The summed E-state index contributed by atoms with van der Waals surface area (Å²) in [7, 11) is 0. The third-order valence-corrected chi connectivity index (χ3v) is 3.64. The van der Waals surface area contributed by atoms with Gasteiger partial charge in [0.1, 0.15) is 17.8 Å². The number of hydrogen-bond donors (Lipinski definition) is 4. The summed E-state index contributed by atoms with van der Waals surface area (Å²) in [6.45, 7) is -0.157. The van der Waals surface area contributed by atoms with E-state index in [0.717, 1.165) is 5.69 Å². The van der Waals surface area contributed by atoms with Crippen molar-refractivity contribution in [3.8, 4) is 5.75 Å². The zero-order valence-electron chi connectivity index (χ0n) is 14.1. The first-order valence-electron chi connectivity index (χ1n) is 7.97. The molecule has 1 aromatic heterocycles. The normalized spacial score (nSPS) is 10.1. The van der Waals surface area contributed by atoms with Crippen molar-refractivity contribution >= 4 is 40.5 Å². The Balaban J connectivity index is 1.58. The molecule has 138 valence electrons. The van der Waals surface area contributed by atoms with Gasteiger partial charge in [0, 0.05) is 10.7 Å². The van der Waals surface area contributed by atoms with E-state index in [1.807, 2.05) is 24.3 Å². The minimum Gasteiger partial charge on any atom is -0.484 e. The summed E-state index contributed by atoms with van der Waals surface area (Å²) < 4.78 is 5.36. The summed E-state index contributed by atoms with van der Waals surface area (Å²) >= 11 is 5.96. The Kier molecular flexibility index (Phi) is 5.91. The number of hydrazine groups is 1. The van der Waals surface area contributed by atoms with E-state index in [-0.39, 0.29) is 24.0 Å². The molecular formula is C18H17ClN6O2. The van der Waals surface area contributed by atoms with Gasteiger partial charge in [0.25, 0.3) is 5.91 Å². The topological polar surface area (TPSA) is 114 Å². The molecule has 3 rings (SSSR count). The molecule has 8 nitrogen and oxygen atoms in total. The number of amides is 1. The van der Waals surface area contributed by atoms with E-state index in [1.54, 1.807) is 30.3 Å². The maximum Gasteiger partial charge on any atom is 0.276 e. The van der Waals surface area contributed by atoms with Gasteiger partial charge in [0.05, 0.1) is 0 Å². The third kappa shape index (κ3) is 5.23. The molecule has 0 saturated carbocycles. The van der Waals surface area contributed by atoms with Crippen LogP contribution in [0.4, 0.5) is 23.0 Å². The van der Waals surface area contributed by atoms with Gasteiger partial charge in [-0.05, 0) is 30.3 Å². The van der Waals surface area contributed by atoms with Crippen molar-refractivity contribution in [3.05, 3.63) is 65.9 Å². The van der Waals surface area contributed by atoms with Crippen molar-refractivity contribution in [2.24, 2.45) is 0 Å². The minimum atomic E-state index is -0.388. The van der Waals surface area contributed by atoms with Gasteiger partial charge in [-0.1, -0.05) is 35.9 Å². The first-order valence-corrected chi connectivity index (χ1v) is 8.35. The highest BCUT2D eigenvalue weighted by Crippen LogP contribution is 2.26. The van der Waals surface area contributed by atoms with Crippen LogP contribution < -0.4 is 26.6 Å². The molecule has 0 spiro atoms. The van der Waals surface area contributed by atoms with Gasteiger partial charge < -0.3 is 15.8 Å². The van der Waals surface area contributed by atoms with E-state index < -0.39 is 0 Å². The Bertz CT molecular complexity index is 923. The van der Waals surface area contributed by atoms with Crippen LogP contribution in [-0.4, -0.2) is 22.5 Å². The smallest absolute Gasteiger partial charge is 0.276 e. The Morgan fingerprint density at radius 3 is 2.63 bits per heavy atom. The second-order valence-corrected chi connectivity index (χ2v) is 5.83. The van der Waals surface area contributed by atoms with Crippen LogP contribution in [0.5, 0.6) is 5.75 Å². The fourth-order valence-electron chi connectivity index (χ4n) is 2.13. The fourth-order valence-corrected chi connectivity index (χ4v) is 2.32. The molecule has 0 aliphatic heterocycles. The molecule has 0 unspecified atom stereocenters. The highest BCUT2D eigenvalue weighted by atomic mass is 35.5. The van der Waals surface area contributed by atoms with E-state index in [1.165, 1.54) is 6.33 Å². The van der Waals surface area contributed by atoms with Crippen molar-refractivity contribution < 1.29 is 9.53 Å². The Hall–Kier alpha value is -3.52. The average molecular weight is 385 g/mol. The zero-order valence-corrected chi connectivity index (χ0v) is 14.9. The molecule has 27 heavy (non-hydrogen) atoms. The third-order valence-electron chi connectivity index (χ3n) is 3.40. The predicted octanol–water partition coefficient (Wildman–Crippen LogP) is 2.98. The van der Waals surface area contributed by atoms with E-state index >= 15 is 0 Å². The lowest BCUT2D eigenvalue weighted by Crippen LogP contribution is -2.34. The molecular weight excluding hydrogens is 368 g/mol. The van der Waals surface area contributed by atoms with Gasteiger partial charge in [-0.3, -0.25) is 15.6 Å². The average Bonchev–Trinajstić information content (AvgIpc) is 2.68. The number of halogens is 1. The molecule has 2 aromatic carbocycles. The lowest BCUT2D eigenvalue weighted by Gasteiger charge is -2.13. The van der Waals surface area contributed by atoms with Crippen molar-refractivity contribution in [3.63, 3.8) is 0 Å². The van der Waals surface area contributed by atoms with Crippen LogP contribution in [0.1, 0.15) is 0 Å². The van der Waals surface area contributed by atoms with Gasteiger partial charge in [-0.2, -0.15) is 0 Å². The second-order valence-electron chi connectivity index (χ2n) is 5.39. The van der Waals surface area contributed by atoms with Crippen LogP contribution in [0.15, 0.2) is 60.9 Å². The molecule has 3 aromatic rings. The molecule has 1 amide bonds. The number of carbonyl (C=O) groups is 1. The largest absolute Gasteiger partial charge is 0.484 e. The fraction of sp³-hybridized carbons (Fsp3) is 0.0556. The van der Waals surface area contributed by atoms with E-state index in [9.17, 15) is 4.79 Å². The summed E-state index contributed by atoms with van der Waals surface area (Å²) in [4.78, 5) is 20.0. The number of carbonyl (C=O) groups excluding carboxylic acids is 1. The predicted molar refractivity (Wildman–Crippen MR) is 105 cm³/mol. The van der Waals surface area contributed by atoms with E-state index in [0.29, 0.717) is 16.6 Å². The van der Waals surface area contributed by atoms with Crippen molar-refractivity contribution in [2.75, 3.05) is 23.1 Å². The summed E-state index contributed by atoms with van der Waals surface area (Å²) in [5, 5.41) is 3.63. The molecule has 0 radical (unpaired) electrons. The van der Waals surface area contributed by atoms with Gasteiger partial charge >= 0.3 is 0 Å². The summed E-state index contributed by atoms with van der Waals surface area (Å²) in [5.41, 5.74) is 12.2. The molecule has 0 aliphatic carbocycles. The van der Waals surface area contributed by atoms with Crippen molar-refractivity contribution in [1.29, 1.82) is 0 Å². The van der Waals surface area contributed by atoms with Crippen LogP contribution in [0, 0.1) is 0 Å². The number of ether oxygens (including phenoxy) is 1. The maximum atomic E-state index is 11.9. The van der Waals surface area contributed by atoms with Gasteiger partial charge in [0.2, 0.25) is 0 Å². The molecule has 9 heteroatoms. The molecule has 1 heterocycles. The molecule has 0 aliphatic rings. The molecule has 5 N–H and O–H groups in total. The SMILES string of the molecule is Nc1c(NNC(=O)COc2ccccc2)ncnc1Nc1cccc(Cl)c1. The number of hydrogen-bond acceptors (Lipinski definition) is 7. The summed E-state index contributed by atoms with van der Waals surface area (Å²) in [5.74, 6) is 0.843. The highest BCUT2D eigenvalue weighted by Gasteiger charge is 2.10. The maximum absolute atomic E-state index is 11.9. The monoisotopic (exact) mass is 384 g/mol. The number of nitrogens with zero attached hydrogens (tertiary/aromatic N) is 2. The quantitative estimate of drug-likeness (QED) is 0.463. The second kappa shape index (κ2) is 8.72. The van der Waals surface area contributed by atoms with Crippen LogP contribution in [0.2, 0.25) is 5.02 Å². The van der Waals surface area contributed by atoms with E-state index in [4.69, 9.17) is 22.1 Å². The zero-order chi connectivity index (χ0) is 19.1. The first-order chi connectivity index (χ1) is 13.1. The Morgan fingerprint density at radius 2 is 1.85 bits per heavy atom. The standard InChI is InChI=1S/C18H17ClN6O2/c19-12-5-4-6-13(9-12)23-17-16(20)18(22-11-21-17)25-24-15(26)10-27-14-7-2-1-3-8-14/h1-9,11H,10,20H2,(H,24,26)(H2,21,22,23,25). The summed E-state index contributed by atoms with van der Waals surface area (Å²) in [6.07, 6.45) is 1.32. The van der Waals surface area contributed by atoms with Crippen LogP contribution >= 0.6 is 11.6 Å². The lowest BCUT2D eigenvalue weighted by molar-refractivity contribution is -0.122. The van der Waals surface area contributed by atoms with Gasteiger partial charge in [-0.25, -0.2) is 9.97 Å². The van der Waals surface area contributed by atoms with Crippen LogP contribution in [0.25, 0.3) is 0 Å². The number of aromatic nitrogens is 2. The molecule has 0 atom stereocenters. The van der Waals surface area contributed by atoms with Gasteiger partial charge in [0.15, 0.2) is 18.2 Å². The van der Waals surface area contributed by atoms with Gasteiger partial charge in [-0.15, -0.1) is 0 Å². The lowest BCUT2D eigenvalue weighted by atomic mass is 10.3. The van der Waals surface area contributed by atoms with Crippen molar-refractivity contribution in [1.82, 2.24) is 15.4 Å². The number of nitrogens with two attached hydrogens (primary N) is 1. The molecule has 0 fully saturated rings. The molecule has 0 bridgehead atoms. The van der Waals surface area contributed by atoms with Crippen molar-refractivity contribution in [2.45, 2.75) is 0 Å².